The fourth-order valence-electron chi connectivity index (χ4n) is 3.79. The summed E-state index contributed by atoms with van der Waals surface area (Å²) < 4.78 is 34.4. The Kier molecular flexibility index (Phi) is 4.43. The van der Waals surface area contributed by atoms with Crippen LogP contribution in [0.2, 0.25) is 0 Å². The van der Waals surface area contributed by atoms with Crippen molar-refractivity contribution in [2.75, 3.05) is 19.7 Å². The van der Waals surface area contributed by atoms with Gasteiger partial charge in [-0.1, -0.05) is 6.58 Å². The molecule has 1 aliphatic heterocycles. The Morgan fingerprint density at radius 3 is 2.74 bits per heavy atom. The van der Waals surface area contributed by atoms with Crippen LogP contribution in [0.4, 0.5) is 0 Å². The van der Waals surface area contributed by atoms with Crippen LogP contribution < -0.4 is 10.6 Å². The maximum atomic E-state index is 11.8. The maximum absolute atomic E-state index is 11.8. The number of carbonyl (C=O) groups excluding carboxylic acids is 2. The average Bonchev–Trinajstić information content (AvgIpc) is 3.12. The molecule has 128 valence electrons. The number of amides is 2. The summed E-state index contributed by atoms with van der Waals surface area (Å²) in [4.78, 5) is 22.7. The normalized spacial score (nSPS) is 35.9. The first-order valence-electron chi connectivity index (χ1n) is 7.63. The molecule has 23 heavy (non-hydrogen) atoms. The van der Waals surface area contributed by atoms with E-state index in [1.165, 1.54) is 0 Å². The van der Waals surface area contributed by atoms with Crippen LogP contribution in [0.25, 0.3) is 0 Å². The molecule has 3 aliphatic rings. The van der Waals surface area contributed by atoms with E-state index in [0.29, 0.717) is 13.0 Å². The van der Waals surface area contributed by atoms with Crippen molar-refractivity contribution in [3.05, 3.63) is 12.7 Å². The Balaban J connectivity index is 1.41. The second-order valence-electron chi connectivity index (χ2n) is 6.11. The Bertz CT molecular complexity index is 619. The predicted octanol–water partition coefficient (Wildman–Crippen LogP) is -1.07. The van der Waals surface area contributed by atoms with E-state index < -0.39 is 16.2 Å². The molecule has 2 bridgehead atoms. The molecule has 5 unspecified atom stereocenters. The third-order valence-corrected chi connectivity index (χ3v) is 6.53. The molecule has 0 aromatic heterocycles. The summed E-state index contributed by atoms with van der Waals surface area (Å²) in [6, 6.07) is 0. The minimum absolute atomic E-state index is 0.00665. The molecule has 0 radical (unpaired) electrons. The molecule has 9 heteroatoms. The molecule has 0 aromatic rings. The van der Waals surface area contributed by atoms with Crippen molar-refractivity contribution in [1.29, 1.82) is 0 Å². The fraction of sp³-hybridized carbons (Fsp3) is 0.714. The first-order valence-corrected chi connectivity index (χ1v) is 9.10. The van der Waals surface area contributed by atoms with E-state index in [9.17, 15) is 18.0 Å². The van der Waals surface area contributed by atoms with Crippen LogP contribution in [0.3, 0.4) is 0 Å². The third kappa shape index (κ3) is 3.13. The summed E-state index contributed by atoms with van der Waals surface area (Å²) in [6.45, 7) is 3.76. The van der Waals surface area contributed by atoms with Gasteiger partial charge in [0.2, 0.25) is 11.8 Å². The van der Waals surface area contributed by atoms with E-state index >= 15 is 0 Å². The topological polar surface area (TPSA) is 111 Å². The average molecular weight is 344 g/mol. The number of hydrogen-bond donors (Lipinski definition) is 2. The molecule has 3 fully saturated rings. The highest BCUT2D eigenvalue weighted by molar-refractivity contribution is 7.87. The zero-order valence-electron chi connectivity index (χ0n) is 12.6. The molecule has 0 spiro atoms. The van der Waals surface area contributed by atoms with E-state index in [2.05, 4.69) is 17.2 Å². The third-order valence-electron chi connectivity index (χ3n) is 4.75. The molecule has 2 N–H and O–H groups in total. The first kappa shape index (κ1) is 16.4. The van der Waals surface area contributed by atoms with Crippen LogP contribution in [0, 0.1) is 11.8 Å². The summed E-state index contributed by atoms with van der Waals surface area (Å²) >= 11 is 0. The van der Waals surface area contributed by atoms with Gasteiger partial charge < -0.3 is 15.4 Å². The predicted molar refractivity (Wildman–Crippen MR) is 79.8 cm³/mol. The highest BCUT2D eigenvalue weighted by Gasteiger charge is 2.64. The second kappa shape index (κ2) is 6.21. The molecule has 1 heterocycles. The number of nitrogens with one attached hydrogen (secondary N) is 2. The van der Waals surface area contributed by atoms with E-state index in [-0.39, 0.29) is 48.2 Å². The standard InChI is InChI=1S/C14H20N2O6S/c1-2-11(17)15-3-4-16-12(18)7-21-13-8-5-9-10(6-8)23(19,20)22-14(9)13/h2,8-10,13-14H,1,3-7H2,(H,15,17)(H,16,18). The number of rotatable bonds is 7. The lowest BCUT2D eigenvalue weighted by atomic mass is 9.94. The van der Waals surface area contributed by atoms with Crippen LogP contribution in [-0.4, -0.2) is 57.4 Å². The zero-order valence-corrected chi connectivity index (χ0v) is 13.4. The minimum Gasteiger partial charge on any atom is -0.365 e. The Hall–Kier alpha value is -1.45. The van der Waals surface area contributed by atoms with Gasteiger partial charge in [0.25, 0.3) is 10.1 Å². The van der Waals surface area contributed by atoms with Gasteiger partial charge in [-0.15, -0.1) is 0 Å². The highest BCUT2D eigenvalue weighted by atomic mass is 32.2. The first-order chi connectivity index (χ1) is 10.9. The van der Waals surface area contributed by atoms with Gasteiger partial charge in [0.05, 0.1) is 11.4 Å². The second-order valence-corrected chi connectivity index (χ2v) is 7.89. The summed E-state index contributed by atoms with van der Waals surface area (Å²) in [5.74, 6) is -0.455. The zero-order chi connectivity index (χ0) is 16.6. The summed E-state index contributed by atoms with van der Waals surface area (Å²) in [5, 5.41) is 4.77. The van der Waals surface area contributed by atoms with Crippen molar-refractivity contribution in [3.8, 4) is 0 Å². The maximum Gasteiger partial charge on any atom is 0.270 e. The smallest absolute Gasteiger partial charge is 0.270 e. The highest BCUT2D eigenvalue weighted by Crippen LogP contribution is 2.55. The van der Waals surface area contributed by atoms with Crippen molar-refractivity contribution in [2.45, 2.75) is 30.3 Å². The number of hydrogen-bond acceptors (Lipinski definition) is 6. The molecular weight excluding hydrogens is 324 g/mol. The molecule has 3 rings (SSSR count). The molecular formula is C14H20N2O6S. The van der Waals surface area contributed by atoms with E-state index in [4.69, 9.17) is 8.92 Å². The Morgan fingerprint density at radius 2 is 2.00 bits per heavy atom. The van der Waals surface area contributed by atoms with Crippen molar-refractivity contribution < 1.29 is 26.9 Å². The summed E-state index contributed by atoms with van der Waals surface area (Å²) in [5.41, 5.74) is 0. The van der Waals surface area contributed by atoms with Crippen molar-refractivity contribution >= 4 is 21.9 Å². The van der Waals surface area contributed by atoms with Crippen LogP contribution in [0.15, 0.2) is 12.7 Å². The van der Waals surface area contributed by atoms with Crippen molar-refractivity contribution in [1.82, 2.24) is 10.6 Å². The van der Waals surface area contributed by atoms with Crippen LogP contribution >= 0.6 is 0 Å². The van der Waals surface area contributed by atoms with Gasteiger partial charge in [-0.25, -0.2) is 0 Å². The lowest BCUT2D eigenvalue weighted by molar-refractivity contribution is -0.131. The lowest BCUT2D eigenvalue weighted by Crippen LogP contribution is -2.40. The summed E-state index contributed by atoms with van der Waals surface area (Å²) in [7, 11) is -3.46. The number of carbonyl (C=O) groups is 2. The van der Waals surface area contributed by atoms with Gasteiger partial charge in [0.1, 0.15) is 12.7 Å². The SMILES string of the molecule is C=CC(=O)NCCNC(=O)COC1C2CC3C1OS(=O)(=O)C3C2. The van der Waals surface area contributed by atoms with Gasteiger partial charge in [0.15, 0.2) is 0 Å². The molecule has 0 aromatic carbocycles. The lowest BCUT2D eigenvalue weighted by Gasteiger charge is -2.24. The van der Waals surface area contributed by atoms with Crippen LogP contribution in [-0.2, 0) is 28.6 Å². The Morgan fingerprint density at radius 1 is 1.26 bits per heavy atom. The summed E-state index contributed by atoms with van der Waals surface area (Å²) in [6.07, 6.45) is 1.73. The van der Waals surface area contributed by atoms with Crippen molar-refractivity contribution in [2.24, 2.45) is 11.8 Å². The van der Waals surface area contributed by atoms with E-state index in [0.717, 1.165) is 12.5 Å². The fourth-order valence-corrected chi connectivity index (χ4v) is 5.68. The van der Waals surface area contributed by atoms with Gasteiger partial charge in [-0.3, -0.25) is 13.8 Å². The monoisotopic (exact) mass is 344 g/mol. The quantitative estimate of drug-likeness (QED) is 0.346. The van der Waals surface area contributed by atoms with Gasteiger partial charge in [0, 0.05) is 19.0 Å². The molecule has 1 saturated heterocycles. The van der Waals surface area contributed by atoms with Crippen LogP contribution in [0.1, 0.15) is 12.8 Å². The number of ether oxygens (including phenoxy) is 1. The van der Waals surface area contributed by atoms with Gasteiger partial charge >= 0.3 is 0 Å². The Labute approximate surface area is 134 Å². The molecule has 2 aliphatic carbocycles. The molecule has 8 nitrogen and oxygen atoms in total. The van der Waals surface area contributed by atoms with Gasteiger partial charge in [-0.2, -0.15) is 8.42 Å². The molecule has 2 amide bonds. The van der Waals surface area contributed by atoms with Gasteiger partial charge in [-0.05, 0) is 24.8 Å². The largest absolute Gasteiger partial charge is 0.365 e. The van der Waals surface area contributed by atoms with E-state index in [1.807, 2.05) is 0 Å². The minimum atomic E-state index is -3.46. The van der Waals surface area contributed by atoms with E-state index in [1.54, 1.807) is 0 Å². The van der Waals surface area contributed by atoms with Crippen molar-refractivity contribution in [3.63, 3.8) is 0 Å². The van der Waals surface area contributed by atoms with Crippen LogP contribution in [0.5, 0.6) is 0 Å². The molecule has 2 saturated carbocycles. The number of fused-ring (bicyclic) bond motifs is 1. The molecule has 5 atom stereocenters.